The lowest BCUT2D eigenvalue weighted by atomic mass is 10.1. The summed E-state index contributed by atoms with van der Waals surface area (Å²) in [6.07, 6.45) is 3.89. The molecule has 0 spiro atoms. The Morgan fingerprint density at radius 1 is 1.23 bits per heavy atom. The Balaban J connectivity index is 1.68. The highest BCUT2D eigenvalue weighted by molar-refractivity contribution is 5.80. The number of nitrogens with zero attached hydrogens (tertiary/aromatic N) is 6. The molecule has 1 N–H and O–H groups in total. The number of nitrogens with one attached hydrogen (secondary N) is 1. The van der Waals surface area contributed by atoms with Gasteiger partial charge in [0.05, 0.1) is 24.5 Å². The first-order valence-electron chi connectivity index (χ1n) is 10.3. The molecule has 3 rings (SSSR count). The predicted octanol–water partition coefficient (Wildman–Crippen LogP) is 2.09. The van der Waals surface area contributed by atoms with E-state index in [1.807, 2.05) is 45.4 Å². The Kier molecular flexibility index (Phi) is 7.25. The Morgan fingerprint density at radius 2 is 1.97 bits per heavy atom. The van der Waals surface area contributed by atoms with E-state index in [4.69, 9.17) is 4.99 Å². The maximum absolute atomic E-state index is 14.1. The molecule has 1 atom stereocenters. The SMILES string of the molecule is CCNC(=NCC(c1cnn(C)c1)N(C)C)N1CCN(c2cc(F)ccc2F)CC1. The number of benzene rings is 1. The van der Waals surface area contributed by atoms with Crippen LogP contribution in [0.1, 0.15) is 18.5 Å². The van der Waals surface area contributed by atoms with E-state index in [1.54, 1.807) is 4.68 Å². The normalized spacial score (nSPS) is 16.3. The Labute approximate surface area is 177 Å². The predicted molar refractivity (Wildman–Crippen MR) is 116 cm³/mol. The smallest absolute Gasteiger partial charge is 0.194 e. The fourth-order valence-corrected chi connectivity index (χ4v) is 3.67. The highest BCUT2D eigenvalue weighted by Crippen LogP contribution is 2.22. The summed E-state index contributed by atoms with van der Waals surface area (Å²) in [6.45, 7) is 5.97. The second-order valence-corrected chi connectivity index (χ2v) is 7.69. The van der Waals surface area contributed by atoms with Gasteiger partial charge in [-0.2, -0.15) is 5.10 Å². The number of rotatable bonds is 6. The first kappa shape index (κ1) is 22.0. The monoisotopic (exact) mass is 419 g/mol. The van der Waals surface area contributed by atoms with Crippen LogP contribution >= 0.6 is 0 Å². The van der Waals surface area contributed by atoms with Crippen molar-refractivity contribution in [3.8, 4) is 0 Å². The van der Waals surface area contributed by atoms with Crippen molar-refractivity contribution in [3.63, 3.8) is 0 Å². The van der Waals surface area contributed by atoms with Crippen LogP contribution in [0.25, 0.3) is 0 Å². The Bertz CT molecular complexity index is 857. The summed E-state index contributed by atoms with van der Waals surface area (Å²) in [5.41, 5.74) is 1.44. The van der Waals surface area contributed by atoms with Crippen molar-refractivity contribution in [2.24, 2.45) is 12.0 Å². The summed E-state index contributed by atoms with van der Waals surface area (Å²) in [5, 5.41) is 7.64. The lowest BCUT2D eigenvalue weighted by molar-refractivity contribution is 0.303. The van der Waals surface area contributed by atoms with Crippen molar-refractivity contribution in [3.05, 3.63) is 47.8 Å². The molecule has 164 valence electrons. The Morgan fingerprint density at radius 3 is 2.57 bits per heavy atom. The first-order valence-corrected chi connectivity index (χ1v) is 10.3. The van der Waals surface area contributed by atoms with Crippen LogP contribution in [0.5, 0.6) is 0 Å². The maximum atomic E-state index is 14.1. The summed E-state index contributed by atoms with van der Waals surface area (Å²) in [6, 6.07) is 3.71. The van der Waals surface area contributed by atoms with Crippen LogP contribution in [0.2, 0.25) is 0 Å². The van der Waals surface area contributed by atoms with E-state index in [2.05, 4.69) is 20.2 Å². The van der Waals surface area contributed by atoms with Crippen molar-refractivity contribution in [1.82, 2.24) is 24.9 Å². The molecule has 0 saturated carbocycles. The minimum absolute atomic E-state index is 0.120. The van der Waals surface area contributed by atoms with E-state index in [0.717, 1.165) is 24.1 Å². The van der Waals surface area contributed by atoms with Gasteiger partial charge >= 0.3 is 0 Å². The number of anilines is 1. The van der Waals surface area contributed by atoms with Gasteiger partial charge in [0.2, 0.25) is 0 Å². The van der Waals surface area contributed by atoms with Gasteiger partial charge in [0, 0.05) is 57.6 Å². The molecule has 30 heavy (non-hydrogen) atoms. The summed E-state index contributed by atoms with van der Waals surface area (Å²) in [4.78, 5) is 11.1. The molecule has 1 aliphatic heterocycles. The van der Waals surface area contributed by atoms with Crippen molar-refractivity contribution in [2.75, 3.05) is 58.3 Å². The lowest BCUT2D eigenvalue weighted by Gasteiger charge is -2.38. The van der Waals surface area contributed by atoms with E-state index >= 15 is 0 Å². The zero-order valence-electron chi connectivity index (χ0n) is 18.1. The molecule has 1 aliphatic rings. The van der Waals surface area contributed by atoms with Gasteiger partial charge in [-0.1, -0.05) is 0 Å². The molecule has 0 aliphatic carbocycles. The number of halogens is 2. The van der Waals surface area contributed by atoms with Crippen LogP contribution in [0.4, 0.5) is 14.5 Å². The van der Waals surface area contributed by atoms with E-state index in [1.165, 1.54) is 12.1 Å². The van der Waals surface area contributed by atoms with Crippen molar-refractivity contribution in [1.29, 1.82) is 0 Å². The summed E-state index contributed by atoms with van der Waals surface area (Å²) in [7, 11) is 5.98. The molecule has 1 saturated heterocycles. The zero-order chi connectivity index (χ0) is 21.7. The highest BCUT2D eigenvalue weighted by atomic mass is 19.1. The zero-order valence-corrected chi connectivity index (χ0v) is 18.1. The summed E-state index contributed by atoms with van der Waals surface area (Å²) in [5.74, 6) is 0.0252. The first-order chi connectivity index (χ1) is 14.4. The fourth-order valence-electron chi connectivity index (χ4n) is 3.67. The van der Waals surface area contributed by atoms with Crippen molar-refractivity contribution in [2.45, 2.75) is 13.0 Å². The molecule has 0 radical (unpaired) electrons. The number of aliphatic imine (C=N–C) groups is 1. The molecule has 1 aromatic heterocycles. The third kappa shape index (κ3) is 5.27. The average Bonchev–Trinajstić information content (AvgIpc) is 3.15. The van der Waals surface area contributed by atoms with Crippen LogP contribution in [-0.2, 0) is 7.05 Å². The average molecular weight is 420 g/mol. The van der Waals surface area contributed by atoms with Gasteiger partial charge in [-0.3, -0.25) is 9.67 Å². The largest absolute Gasteiger partial charge is 0.366 e. The van der Waals surface area contributed by atoms with Crippen LogP contribution < -0.4 is 10.2 Å². The molecule has 1 fully saturated rings. The number of hydrogen-bond acceptors (Lipinski definition) is 4. The molecule has 0 amide bonds. The number of aryl methyl sites for hydroxylation is 1. The number of guanidine groups is 1. The van der Waals surface area contributed by atoms with Crippen molar-refractivity contribution >= 4 is 11.6 Å². The lowest BCUT2D eigenvalue weighted by Crippen LogP contribution is -2.53. The van der Waals surface area contributed by atoms with E-state index in [0.29, 0.717) is 38.4 Å². The third-order valence-electron chi connectivity index (χ3n) is 5.31. The molecule has 2 heterocycles. The second kappa shape index (κ2) is 9.88. The minimum Gasteiger partial charge on any atom is -0.366 e. The molecular formula is C21H31F2N7. The minimum atomic E-state index is -0.422. The Hall–Kier alpha value is -2.68. The molecule has 7 nitrogen and oxygen atoms in total. The van der Waals surface area contributed by atoms with E-state index < -0.39 is 11.6 Å². The molecule has 9 heteroatoms. The second-order valence-electron chi connectivity index (χ2n) is 7.69. The van der Waals surface area contributed by atoms with Crippen molar-refractivity contribution < 1.29 is 8.78 Å². The van der Waals surface area contributed by atoms with Gasteiger partial charge in [0.15, 0.2) is 5.96 Å². The number of aromatic nitrogens is 2. The third-order valence-corrected chi connectivity index (χ3v) is 5.31. The number of piperazine rings is 1. The molecule has 0 bridgehead atoms. The van der Waals surface area contributed by atoms with Gasteiger partial charge in [0.25, 0.3) is 0 Å². The van der Waals surface area contributed by atoms with Gasteiger partial charge < -0.3 is 20.0 Å². The highest BCUT2D eigenvalue weighted by Gasteiger charge is 2.23. The van der Waals surface area contributed by atoms with Crippen LogP contribution in [-0.4, -0.2) is 78.9 Å². The topological polar surface area (TPSA) is 51.9 Å². The molecular weight excluding hydrogens is 388 g/mol. The van der Waals surface area contributed by atoms with E-state index in [9.17, 15) is 8.78 Å². The standard InChI is InChI=1S/C21H31F2N7/c1-5-24-21(25-14-20(27(2)3)16-13-26-28(4)15-16)30-10-8-29(9-11-30)19-12-17(22)6-7-18(19)23/h6-7,12-13,15,20H,5,8-11,14H2,1-4H3,(H,24,25). The molecule has 1 aromatic carbocycles. The van der Waals surface area contributed by atoms with Crippen LogP contribution in [0.3, 0.4) is 0 Å². The fraction of sp³-hybridized carbons (Fsp3) is 0.524. The van der Waals surface area contributed by atoms with Gasteiger partial charge in [-0.15, -0.1) is 0 Å². The summed E-state index contributed by atoms with van der Waals surface area (Å²) >= 11 is 0. The van der Waals surface area contributed by atoms with Gasteiger partial charge in [0.1, 0.15) is 11.6 Å². The number of hydrogen-bond donors (Lipinski definition) is 1. The number of likely N-dealkylation sites (N-methyl/N-ethyl adjacent to an activating group) is 1. The maximum Gasteiger partial charge on any atom is 0.194 e. The van der Waals surface area contributed by atoms with Crippen LogP contribution in [0.15, 0.2) is 35.6 Å². The van der Waals surface area contributed by atoms with Gasteiger partial charge in [-0.25, -0.2) is 8.78 Å². The molecule has 2 aromatic rings. The summed E-state index contributed by atoms with van der Waals surface area (Å²) < 4.78 is 29.5. The van der Waals surface area contributed by atoms with Gasteiger partial charge in [-0.05, 0) is 33.2 Å². The molecule has 1 unspecified atom stereocenters. The van der Waals surface area contributed by atoms with E-state index in [-0.39, 0.29) is 6.04 Å². The quantitative estimate of drug-likeness (QED) is 0.574. The van der Waals surface area contributed by atoms with Crippen LogP contribution in [0, 0.1) is 11.6 Å².